The Balaban J connectivity index is 2.04. The van der Waals surface area contributed by atoms with Crippen LogP contribution in [0.1, 0.15) is 39.0 Å². The van der Waals surface area contributed by atoms with Crippen LogP contribution in [-0.4, -0.2) is 38.8 Å². The summed E-state index contributed by atoms with van der Waals surface area (Å²) in [5.74, 6) is 0.975. The SMILES string of the molecule is CCC1CCC(NCC(=O)NCCOC)CC1. The van der Waals surface area contributed by atoms with E-state index in [0.29, 0.717) is 25.7 Å². The third kappa shape index (κ3) is 6.03. The second-order valence-electron chi connectivity index (χ2n) is 4.85. The summed E-state index contributed by atoms with van der Waals surface area (Å²) in [6, 6.07) is 0.533. The quantitative estimate of drug-likeness (QED) is 0.662. The third-order valence-electron chi connectivity index (χ3n) is 3.60. The zero-order valence-corrected chi connectivity index (χ0v) is 11.1. The first-order valence-corrected chi connectivity index (χ1v) is 6.75. The van der Waals surface area contributed by atoms with Crippen molar-refractivity contribution in [3.05, 3.63) is 0 Å². The van der Waals surface area contributed by atoms with E-state index < -0.39 is 0 Å². The average molecular weight is 242 g/mol. The van der Waals surface area contributed by atoms with E-state index in [-0.39, 0.29) is 5.91 Å². The van der Waals surface area contributed by atoms with Gasteiger partial charge in [-0.1, -0.05) is 13.3 Å². The van der Waals surface area contributed by atoms with Gasteiger partial charge in [0.25, 0.3) is 0 Å². The monoisotopic (exact) mass is 242 g/mol. The maximum absolute atomic E-state index is 11.5. The Morgan fingerprint density at radius 1 is 1.29 bits per heavy atom. The molecule has 1 rings (SSSR count). The van der Waals surface area contributed by atoms with Crippen molar-refractivity contribution >= 4 is 5.91 Å². The number of carbonyl (C=O) groups is 1. The Bertz CT molecular complexity index is 213. The zero-order chi connectivity index (χ0) is 12.5. The first-order valence-electron chi connectivity index (χ1n) is 6.75. The van der Waals surface area contributed by atoms with Crippen LogP contribution in [-0.2, 0) is 9.53 Å². The molecule has 0 aromatic heterocycles. The van der Waals surface area contributed by atoms with Crippen molar-refractivity contribution in [1.29, 1.82) is 0 Å². The minimum absolute atomic E-state index is 0.0691. The Kier molecular flexibility index (Phi) is 7.21. The number of ether oxygens (including phenoxy) is 1. The fourth-order valence-corrected chi connectivity index (χ4v) is 2.37. The van der Waals surface area contributed by atoms with Gasteiger partial charge in [-0.25, -0.2) is 0 Å². The van der Waals surface area contributed by atoms with Crippen molar-refractivity contribution in [3.63, 3.8) is 0 Å². The number of carbonyl (C=O) groups excluding carboxylic acids is 1. The normalized spacial score (nSPS) is 24.6. The van der Waals surface area contributed by atoms with E-state index in [9.17, 15) is 4.79 Å². The molecule has 0 unspecified atom stereocenters. The van der Waals surface area contributed by atoms with E-state index in [4.69, 9.17) is 4.74 Å². The van der Waals surface area contributed by atoms with E-state index in [1.807, 2.05) is 0 Å². The average Bonchev–Trinajstić information content (AvgIpc) is 2.37. The summed E-state index contributed by atoms with van der Waals surface area (Å²) in [7, 11) is 1.64. The van der Waals surface area contributed by atoms with E-state index in [1.54, 1.807) is 7.11 Å². The van der Waals surface area contributed by atoms with Crippen LogP contribution >= 0.6 is 0 Å². The lowest BCUT2D eigenvalue weighted by Gasteiger charge is -2.28. The van der Waals surface area contributed by atoms with Crippen molar-refractivity contribution in [2.24, 2.45) is 5.92 Å². The van der Waals surface area contributed by atoms with Crippen molar-refractivity contribution in [2.45, 2.75) is 45.1 Å². The van der Waals surface area contributed by atoms with E-state index >= 15 is 0 Å². The lowest BCUT2D eigenvalue weighted by molar-refractivity contribution is -0.120. The molecule has 0 aliphatic heterocycles. The fourth-order valence-electron chi connectivity index (χ4n) is 2.37. The van der Waals surface area contributed by atoms with Crippen LogP contribution < -0.4 is 10.6 Å². The van der Waals surface area contributed by atoms with Crippen molar-refractivity contribution in [2.75, 3.05) is 26.8 Å². The first kappa shape index (κ1) is 14.5. The number of hydrogen-bond acceptors (Lipinski definition) is 3. The molecule has 0 atom stereocenters. The highest BCUT2D eigenvalue weighted by atomic mass is 16.5. The molecule has 17 heavy (non-hydrogen) atoms. The van der Waals surface area contributed by atoms with Gasteiger partial charge < -0.3 is 15.4 Å². The molecule has 0 radical (unpaired) electrons. The second kappa shape index (κ2) is 8.48. The van der Waals surface area contributed by atoms with Gasteiger partial charge in [-0.15, -0.1) is 0 Å². The minimum Gasteiger partial charge on any atom is -0.383 e. The maximum Gasteiger partial charge on any atom is 0.234 e. The zero-order valence-electron chi connectivity index (χ0n) is 11.1. The summed E-state index contributed by atoms with van der Waals surface area (Å²) in [6.07, 6.45) is 6.33. The van der Waals surface area contributed by atoms with Crippen LogP contribution in [0.25, 0.3) is 0 Å². The molecule has 1 saturated carbocycles. The van der Waals surface area contributed by atoms with Gasteiger partial charge in [0.15, 0.2) is 0 Å². The molecule has 100 valence electrons. The topological polar surface area (TPSA) is 50.4 Å². The van der Waals surface area contributed by atoms with Crippen molar-refractivity contribution in [1.82, 2.24) is 10.6 Å². The fraction of sp³-hybridized carbons (Fsp3) is 0.923. The van der Waals surface area contributed by atoms with Crippen LogP contribution in [0.15, 0.2) is 0 Å². The van der Waals surface area contributed by atoms with Gasteiger partial charge >= 0.3 is 0 Å². The summed E-state index contributed by atoms with van der Waals surface area (Å²) in [5.41, 5.74) is 0. The Hall–Kier alpha value is -0.610. The van der Waals surface area contributed by atoms with Crippen molar-refractivity contribution < 1.29 is 9.53 Å². The van der Waals surface area contributed by atoms with Crippen LogP contribution in [0.4, 0.5) is 0 Å². The Morgan fingerprint density at radius 3 is 2.59 bits per heavy atom. The maximum atomic E-state index is 11.5. The summed E-state index contributed by atoms with van der Waals surface area (Å²) in [5, 5.41) is 6.16. The van der Waals surface area contributed by atoms with Gasteiger partial charge in [0.2, 0.25) is 5.91 Å². The predicted molar refractivity (Wildman–Crippen MR) is 68.9 cm³/mol. The molecule has 4 heteroatoms. The van der Waals surface area contributed by atoms with Crippen molar-refractivity contribution in [3.8, 4) is 0 Å². The molecule has 0 heterocycles. The van der Waals surface area contributed by atoms with Gasteiger partial charge in [-0.05, 0) is 31.6 Å². The summed E-state index contributed by atoms with van der Waals surface area (Å²) < 4.78 is 4.88. The summed E-state index contributed by atoms with van der Waals surface area (Å²) in [6.45, 7) is 3.87. The molecule has 1 aliphatic carbocycles. The van der Waals surface area contributed by atoms with Crippen LogP contribution in [0.3, 0.4) is 0 Å². The van der Waals surface area contributed by atoms with Gasteiger partial charge in [0.1, 0.15) is 0 Å². The highest BCUT2D eigenvalue weighted by Crippen LogP contribution is 2.26. The van der Waals surface area contributed by atoms with Crippen LogP contribution in [0, 0.1) is 5.92 Å². The molecule has 0 aromatic carbocycles. The minimum atomic E-state index is 0.0691. The molecule has 4 nitrogen and oxygen atoms in total. The molecular weight excluding hydrogens is 216 g/mol. The lowest BCUT2D eigenvalue weighted by Crippen LogP contribution is -2.41. The molecule has 1 fully saturated rings. The molecule has 0 bridgehead atoms. The molecule has 0 aromatic rings. The number of amides is 1. The molecule has 0 saturated heterocycles. The number of nitrogens with one attached hydrogen (secondary N) is 2. The molecule has 2 N–H and O–H groups in total. The molecule has 1 amide bonds. The molecule has 0 spiro atoms. The lowest BCUT2D eigenvalue weighted by atomic mass is 9.84. The standard InChI is InChI=1S/C13H26N2O2/c1-3-11-4-6-12(7-5-11)15-10-13(16)14-8-9-17-2/h11-12,15H,3-10H2,1-2H3,(H,14,16). The van der Waals surface area contributed by atoms with Gasteiger partial charge in [0.05, 0.1) is 13.2 Å². The summed E-state index contributed by atoms with van der Waals surface area (Å²) in [4.78, 5) is 11.5. The highest BCUT2D eigenvalue weighted by Gasteiger charge is 2.19. The van der Waals surface area contributed by atoms with Crippen LogP contribution in [0.2, 0.25) is 0 Å². The molecular formula is C13H26N2O2. The van der Waals surface area contributed by atoms with Gasteiger partial charge in [0, 0.05) is 19.7 Å². The van der Waals surface area contributed by atoms with E-state index in [2.05, 4.69) is 17.6 Å². The van der Waals surface area contributed by atoms with E-state index in [1.165, 1.54) is 32.1 Å². The Labute approximate surface area is 104 Å². The third-order valence-corrected chi connectivity index (χ3v) is 3.60. The number of methoxy groups -OCH3 is 1. The number of hydrogen-bond donors (Lipinski definition) is 2. The second-order valence-corrected chi connectivity index (χ2v) is 4.85. The first-order chi connectivity index (χ1) is 8.26. The van der Waals surface area contributed by atoms with Gasteiger partial charge in [-0.3, -0.25) is 4.79 Å². The van der Waals surface area contributed by atoms with Crippen LogP contribution in [0.5, 0.6) is 0 Å². The summed E-state index contributed by atoms with van der Waals surface area (Å²) >= 11 is 0. The predicted octanol–water partition coefficient (Wildman–Crippen LogP) is 1.31. The number of rotatable bonds is 7. The smallest absolute Gasteiger partial charge is 0.234 e. The largest absolute Gasteiger partial charge is 0.383 e. The van der Waals surface area contributed by atoms with Gasteiger partial charge in [-0.2, -0.15) is 0 Å². The highest BCUT2D eigenvalue weighted by molar-refractivity contribution is 5.77. The molecule has 1 aliphatic rings. The Morgan fingerprint density at radius 2 is 2.00 bits per heavy atom. The van der Waals surface area contributed by atoms with E-state index in [0.717, 1.165) is 5.92 Å².